The Morgan fingerprint density at radius 1 is 0.651 bits per heavy atom. The molecular formula is C34H53NaO7S. The molecule has 0 aliphatic heterocycles. The summed E-state index contributed by atoms with van der Waals surface area (Å²) in [5, 5.41) is 0. The van der Waals surface area contributed by atoms with Crippen LogP contribution in [0.4, 0.5) is 0 Å². The van der Waals surface area contributed by atoms with Crippen molar-refractivity contribution >= 4 is 22.1 Å². The van der Waals surface area contributed by atoms with Crippen molar-refractivity contribution in [3.63, 3.8) is 0 Å². The van der Waals surface area contributed by atoms with Gasteiger partial charge < -0.3 is 14.0 Å². The van der Waals surface area contributed by atoms with Crippen LogP contribution in [0, 0.1) is 0 Å². The van der Waals surface area contributed by atoms with Crippen LogP contribution in [0.5, 0.6) is 0 Å². The molecule has 0 spiro atoms. The van der Waals surface area contributed by atoms with E-state index in [9.17, 15) is 22.6 Å². The van der Waals surface area contributed by atoms with Crippen LogP contribution in [0.2, 0.25) is 0 Å². The van der Waals surface area contributed by atoms with Crippen LogP contribution < -0.4 is 29.6 Å². The zero-order chi connectivity index (χ0) is 30.9. The van der Waals surface area contributed by atoms with E-state index >= 15 is 0 Å². The van der Waals surface area contributed by atoms with Gasteiger partial charge in [-0.15, -0.1) is 0 Å². The van der Waals surface area contributed by atoms with Gasteiger partial charge in [0, 0.05) is 0 Å². The maximum atomic E-state index is 12.8. The quantitative estimate of drug-likeness (QED) is 0.0424. The van der Waals surface area contributed by atoms with Crippen LogP contribution in [-0.4, -0.2) is 38.1 Å². The molecule has 7 nitrogen and oxygen atoms in total. The maximum absolute atomic E-state index is 12.8. The van der Waals surface area contributed by atoms with Gasteiger partial charge in [0.05, 0.1) is 29.2 Å². The van der Waals surface area contributed by atoms with Crippen LogP contribution in [0.15, 0.2) is 47.4 Å². The number of hydrogen-bond donors (Lipinski definition) is 0. The number of carbonyl (C=O) groups excluding carboxylic acids is 2. The van der Waals surface area contributed by atoms with Crippen LogP contribution in [0.25, 0.3) is 0 Å². The Kier molecular flexibility index (Phi) is 26.0. The van der Waals surface area contributed by atoms with Crippen molar-refractivity contribution < 1.29 is 61.6 Å². The number of allylic oxidation sites excluding steroid dienone is 4. The molecule has 1 aromatic rings. The molecule has 0 fully saturated rings. The molecule has 1 aromatic carbocycles. The van der Waals surface area contributed by atoms with Gasteiger partial charge in [-0.3, -0.25) is 0 Å². The molecule has 0 saturated carbocycles. The van der Waals surface area contributed by atoms with Crippen LogP contribution in [-0.2, 0) is 19.6 Å². The molecular weight excluding hydrogens is 575 g/mol. The molecule has 238 valence electrons. The third-order valence-electron chi connectivity index (χ3n) is 7.00. The third kappa shape index (κ3) is 20.3. The third-order valence-corrected chi connectivity index (χ3v) is 7.88. The molecule has 0 unspecified atom stereocenters. The Balaban J connectivity index is 0.0000176. The summed E-state index contributed by atoms with van der Waals surface area (Å²) >= 11 is 0. The predicted octanol–water partition coefficient (Wildman–Crippen LogP) is 6.08. The topological polar surface area (TPSA) is 110 Å². The van der Waals surface area contributed by atoms with Gasteiger partial charge in [-0.1, -0.05) is 82.7 Å². The van der Waals surface area contributed by atoms with Crippen molar-refractivity contribution in [3.8, 4) is 0 Å². The van der Waals surface area contributed by atoms with E-state index in [0.29, 0.717) is 12.8 Å². The Bertz CT molecular complexity index is 1050. The van der Waals surface area contributed by atoms with Crippen molar-refractivity contribution in [1.29, 1.82) is 0 Å². The molecule has 0 radical (unpaired) electrons. The molecule has 0 aliphatic rings. The van der Waals surface area contributed by atoms with Gasteiger partial charge in [-0.25, -0.2) is 18.0 Å². The fourth-order valence-electron chi connectivity index (χ4n) is 4.53. The van der Waals surface area contributed by atoms with Crippen LogP contribution >= 0.6 is 0 Å². The maximum Gasteiger partial charge on any atom is 1.00 e. The standard InChI is InChI=1S/C34H54O7S.Na/c1-3-5-7-9-11-13-15-17-19-21-23-28-40-33(35)30-26-25-27-31(42(37,38)39)32(30)34(36)41-29-24-22-20-18-16-14-12-10-8-6-4-2;/h13-16,25-27H,3-12,17-24,28-29H2,1-2H3,(H,37,38,39);/q;+1/p-1/b15-13+,16-14+;. The Labute approximate surface area is 283 Å². The van der Waals surface area contributed by atoms with Gasteiger partial charge >= 0.3 is 41.5 Å². The second-order valence-electron chi connectivity index (χ2n) is 10.7. The summed E-state index contributed by atoms with van der Waals surface area (Å²) in [6, 6.07) is 3.55. The van der Waals surface area contributed by atoms with Crippen LogP contribution in [0.3, 0.4) is 0 Å². The summed E-state index contributed by atoms with van der Waals surface area (Å²) < 4.78 is 46.2. The fraction of sp³-hybridized carbons (Fsp3) is 0.647. The van der Waals surface area contributed by atoms with E-state index in [1.807, 2.05) is 0 Å². The van der Waals surface area contributed by atoms with E-state index in [2.05, 4.69) is 38.2 Å². The number of ether oxygens (including phenoxy) is 2. The van der Waals surface area contributed by atoms with Gasteiger partial charge in [-0.2, -0.15) is 0 Å². The van der Waals surface area contributed by atoms with E-state index in [4.69, 9.17) is 9.47 Å². The zero-order valence-electron chi connectivity index (χ0n) is 26.9. The van der Waals surface area contributed by atoms with Crippen molar-refractivity contribution in [2.45, 2.75) is 134 Å². The summed E-state index contributed by atoms with van der Waals surface area (Å²) in [7, 11) is -5.01. The first kappa shape index (κ1) is 41.5. The second-order valence-corrected chi connectivity index (χ2v) is 12.1. The Morgan fingerprint density at radius 2 is 1.07 bits per heavy atom. The Morgan fingerprint density at radius 3 is 1.49 bits per heavy atom. The first-order valence-corrected chi connectivity index (χ1v) is 17.5. The monoisotopic (exact) mass is 628 g/mol. The predicted molar refractivity (Wildman–Crippen MR) is 168 cm³/mol. The first-order valence-electron chi connectivity index (χ1n) is 16.1. The van der Waals surface area contributed by atoms with Crippen molar-refractivity contribution in [2.75, 3.05) is 13.2 Å². The molecule has 0 atom stereocenters. The number of rotatable bonds is 25. The summed E-state index contributed by atoms with van der Waals surface area (Å²) in [6.07, 6.45) is 27.8. The molecule has 0 heterocycles. The van der Waals surface area contributed by atoms with E-state index in [1.165, 1.54) is 63.5 Å². The van der Waals surface area contributed by atoms with Gasteiger partial charge in [-0.05, 0) is 89.2 Å². The molecule has 43 heavy (non-hydrogen) atoms. The second kappa shape index (κ2) is 26.9. The fourth-order valence-corrected chi connectivity index (χ4v) is 5.22. The average Bonchev–Trinajstić information content (AvgIpc) is 2.97. The summed E-state index contributed by atoms with van der Waals surface area (Å²) in [4.78, 5) is 24.8. The molecule has 9 heteroatoms. The van der Waals surface area contributed by atoms with Crippen molar-refractivity contribution in [1.82, 2.24) is 0 Å². The van der Waals surface area contributed by atoms with Gasteiger partial charge in [0.15, 0.2) is 0 Å². The zero-order valence-corrected chi connectivity index (χ0v) is 29.8. The minimum Gasteiger partial charge on any atom is -0.744 e. The largest absolute Gasteiger partial charge is 1.00 e. The van der Waals surface area contributed by atoms with E-state index in [0.717, 1.165) is 57.4 Å². The smallest absolute Gasteiger partial charge is 0.744 e. The average molecular weight is 629 g/mol. The number of carbonyl (C=O) groups is 2. The minimum atomic E-state index is -5.01. The Hall–Kier alpha value is -1.45. The van der Waals surface area contributed by atoms with Crippen molar-refractivity contribution in [2.24, 2.45) is 0 Å². The molecule has 0 saturated heterocycles. The SMILES string of the molecule is CCCCCC/C=C/CCCCCOC(=O)c1cccc(S(=O)(=O)[O-])c1C(=O)OCCCCC/C=C/CCCCCC.[Na+]. The molecule has 1 rings (SSSR count). The molecule has 0 amide bonds. The van der Waals surface area contributed by atoms with Gasteiger partial charge in [0.1, 0.15) is 10.1 Å². The molecule has 0 N–H and O–H groups in total. The number of hydrogen-bond acceptors (Lipinski definition) is 7. The number of unbranched alkanes of at least 4 members (excludes halogenated alkanes) is 14. The number of benzene rings is 1. The molecule has 0 bridgehead atoms. The summed E-state index contributed by atoms with van der Waals surface area (Å²) in [5.41, 5.74) is -0.820. The summed E-state index contributed by atoms with van der Waals surface area (Å²) in [6.45, 7) is 4.60. The normalized spacial score (nSPS) is 11.6. The first-order chi connectivity index (χ1) is 20.3. The van der Waals surface area contributed by atoms with E-state index < -0.39 is 32.5 Å². The minimum absolute atomic E-state index is 0. The van der Waals surface area contributed by atoms with Crippen molar-refractivity contribution in [3.05, 3.63) is 53.6 Å². The van der Waals surface area contributed by atoms with Crippen LogP contribution in [0.1, 0.15) is 150 Å². The van der Waals surface area contributed by atoms with Gasteiger partial charge in [0.2, 0.25) is 0 Å². The number of esters is 2. The van der Waals surface area contributed by atoms with Gasteiger partial charge in [0.25, 0.3) is 0 Å². The summed E-state index contributed by atoms with van der Waals surface area (Å²) in [5.74, 6) is -1.86. The molecule has 0 aliphatic carbocycles. The molecule has 0 aromatic heterocycles. The van der Waals surface area contributed by atoms with E-state index in [1.54, 1.807) is 0 Å². The van der Waals surface area contributed by atoms with E-state index in [-0.39, 0.29) is 48.3 Å².